The van der Waals surface area contributed by atoms with Crippen molar-refractivity contribution in [2.75, 3.05) is 19.7 Å². The van der Waals surface area contributed by atoms with Crippen LogP contribution in [0.15, 0.2) is 18.2 Å². The molecule has 0 aliphatic rings. The van der Waals surface area contributed by atoms with E-state index in [1.807, 2.05) is 25.1 Å². The van der Waals surface area contributed by atoms with Crippen molar-refractivity contribution in [2.45, 2.75) is 13.8 Å². The topological polar surface area (TPSA) is 21.3 Å². The summed E-state index contributed by atoms with van der Waals surface area (Å²) in [5.41, 5.74) is 1.16. The van der Waals surface area contributed by atoms with E-state index in [1.165, 1.54) is 0 Å². The fraction of sp³-hybridized carbons (Fsp3) is 0.455. The molecule has 0 aromatic heterocycles. The molecule has 0 saturated carbocycles. The molecule has 0 amide bonds. The summed E-state index contributed by atoms with van der Waals surface area (Å²) in [5, 5.41) is 3.86. The predicted octanol–water partition coefficient (Wildman–Crippen LogP) is 3.06. The molecule has 15 heavy (non-hydrogen) atoms. The molecule has 1 rings (SSSR count). The van der Waals surface area contributed by atoms with E-state index in [4.69, 9.17) is 16.3 Å². The van der Waals surface area contributed by atoms with Gasteiger partial charge < -0.3 is 10.1 Å². The third kappa shape index (κ3) is 5.26. The highest BCUT2D eigenvalue weighted by atomic mass is 35.5. The second-order valence-corrected chi connectivity index (χ2v) is 3.54. The lowest BCUT2D eigenvalue weighted by molar-refractivity contribution is 0.315. The van der Waals surface area contributed by atoms with Crippen LogP contribution in [0.2, 0.25) is 5.02 Å². The molecule has 86 valence electrons. The van der Waals surface area contributed by atoms with Crippen molar-refractivity contribution in [1.82, 2.24) is 5.32 Å². The second-order valence-electron chi connectivity index (χ2n) is 3.14. The quantitative estimate of drug-likeness (QED) is 0.811. The van der Waals surface area contributed by atoms with Gasteiger partial charge in [-0.15, -0.1) is 12.4 Å². The van der Waals surface area contributed by atoms with E-state index in [1.54, 1.807) is 0 Å². The monoisotopic (exact) mass is 249 g/mol. The van der Waals surface area contributed by atoms with Crippen molar-refractivity contribution in [3.63, 3.8) is 0 Å². The van der Waals surface area contributed by atoms with Gasteiger partial charge in [-0.3, -0.25) is 0 Å². The molecule has 2 nitrogen and oxygen atoms in total. The molecular formula is C11H17Cl2NO. The Morgan fingerprint density at radius 2 is 2.13 bits per heavy atom. The van der Waals surface area contributed by atoms with Crippen LogP contribution in [-0.4, -0.2) is 19.7 Å². The molecule has 1 aromatic carbocycles. The van der Waals surface area contributed by atoms with Crippen LogP contribution in [0.1, 0.15) is 12.5 Å². The number of ether oxygens (including phenoxy) is 1. The standard InChI is InChI=1S/C11H16ClNO.ClH/c1-3-13-6-7-14-11-8-9(2)4-5-10(11)12;/h4-5,8,13H,3,6-7H2,1-2H3;1H. The average molecular weight is 250 g/mol. The number of benzene rings is 1. The van der Waals surface area contributed by atoms with E-state index in [-0.39, 0.29) is 12.4 Å². The molecule has 0 spiro atoms. The van der Waals surface area contributed by atoms with Crippen LogP contribution in [0.5, 0.6) is 5.75 Å². The van der Waals surface area contributed by atoms with Crippen LogP contribution in [0, 0.1) is 6.92 Å². The molecule has 0 atom stereocenters. The normalized spacial score (nSPS) is 9.53. The van der Waals surface area contributed by atoms with E-state index in [0.29, 0.717) is 11.6 Å². The Morgan fingerprint density at radius 1 is 1.40 bits per heavy atom. The molecule has 0 bridgehead atoms. The van der Waals surface area contributed by atoms with Gasteiger partial charge in [-0.25, -0.2) is 0 Å². The fourth-order valence-electron chi connectivity index (χ4n) is 1.13. The molecule has 0 radical (unpaired) electrons. The van der Waals surface area contributed by atoms with Crippen molar-refractivity contribution < 1.29 is 4.74 Å². The first-order valence-electron chi connectivity index (χ1n) is 4.83. The van der Waals surface area contributed by atoms with E-state index in [2.05, 4.69) is 12.2 Å². The third-order valence-electron chi connectivity index (χ3n) is 1.87. The maximum Gasteiger partial charge on any atom is 0.138 e. The van der Waals surface area contributed by atoms with E-state index < -0.39 is 0 Å². The Morgan fingerprint density at radius 3 is 2.80 bits per heavy atom. The van der Waals surface area contributed by atoms with Gasteiger partial charge in [0.15, 0.2) is 0 Å². The number of halogens is 2. The van der Waals surface area contributed by atoms with Gasteiger partial charge in [0, 0.05) is 6.54 Å². The summed E-state index contributed by atoms with van der Waals surface area (Å²) in [4.78, 5) is 0. The fourth-order valence-corrected chi connectivity index (χ4v) is 1.30. The number of hydrogen-bond acceptors (Lipinski definition) is 2. The van der Waals surface area contributed by atoms with Gasteiger partial charge in [-0.1, -0.05) is 24.6 Å². The van der Waals surface area contributed by atoms with Crippen molar-refractivity contribution >= 4 is 24.0 Å². The highest BCUT2D eigenvalue weighted by Gasteiger charge is 2.00. The number of likely N-dealkylation sites (N-methyl/N-ethyl adjacent to an activating group) is 1. The average Bonchev–Trinajstić information content (AvgIpc) is 2.18. The third-order valence-corrected chi connectivity index (χ3v) is 2.19. The van der Waals surface area contributed by atoms with Crippen molar-refractivity contribution in [2.24, 2.45) is 0 Å². The zero-order valence-electron chi connectivity index (χ0n) is 9.05. The Hall–Kier alpha value is -0.440. The highest BCUT2D eigenvalue weighted by molar-refractivity contribution is 6.32. The minimum Gasteiger partial charge on any atom is -0.491 e. The predicted molar refractivity (Wildman–Crippen MR) is 67.5 cm³/mol. The van der Waals surface area contributed by atoms with Crippen molar-refractivity contribution in [3.8, 4) is 5.75 Å². The molecule has 1 N–H and O–H groups in total. The largest absolute Gasteiger partial charge is 0.491 e. The van der Waals surface area contributed by atoms with Crippen LogP contribution in [0.3, 0.4) is 0 Å². The lowest BCUT2D eigenvalue weighted by Gasteiger charge is -2.08. The number of aryl methyl sites for hydroxylation is 1. The molecule has 1 aromatic rings. The number of nitrogens with one attached hydrogen (secondary N) is 1. The van der Waals surface area contributed by atoms with Gasteiger partial charge in [0.25, 0.3) is 0 Å². The summed E-state index contributed by atoms with van der Waals surface area (Å²) in [6.07, 6.45) is 0. The highest BCUT2D eigenvalue weighted by Crippen LogP contribution is 2.24. The van der Waals surface area contributed by atoms with E-state index in [0.717, 1.165) is 24.4 Å². The Balaban J connectivity index is 0.00000196. The summed E-state index contributed by atoms with van der Waals surface area (Å²) in [6, 6.07) is 5.78. The molecule has 0 aliphatic heterocycles. The van der Waals surface area contributed by atoms with Crippen LogP contribution >= 0.6 is 24.0 Å². The van der Waals surface area contributed by atoms with Gasteiger partial charge in [0.05, 0.1) is 5.02 Å². The number of hydrogen-bond donors (Lipinski definition) is 1. The molecule has 0 heterocycles. The lowest BCUT2D eigenvalue weighted by Crippen LogP contribution is -2.20. The molecule has 0 saturated heterocycles. The first-order chi connectivity index (χ1) is 6.74. The van der Waals surface area contributed by atoms with Crippen molar-refractivity contribution in [1.29, 1.82) is 0 Å². The van der Waals surface area contributed by atoms with Crippen LogP contribution in [0.25, 0.3) is 0 Å². The van der Waals surface area contributed by atoms with Gasteiger partial charge in [-0.2, -0.15) is 0 Å². The first kappa shape index (κ1) is 14.6. The number of rotatable bonds is 5. The molecule has 0 fully saturated rings. The molecule has 0 unspecified atom stereocenters. The zero-order valence-corrected chi connectivity index (χ0v) is 10.6. The first-order valence-corrected chi connectivity index (χ1v) is 5.21. The Labute approximate surface area is 102 Å². The summed E-state index contributed by atoms with van der Waals surface area (Å²) >= 11 is 5.96. The minimum atomic E-state index is 0. The molecule has 4 heteroatoms. The van der Waals surface area contributed by atoms with E-state index in [9.17, 15) is 0 Å². The van der Waals surface area contributed by atoms with Crippen LogP contribution in [0.4, 0.5) is 0 Å². The maximum atomic E-state index is 5.96. The smallest absolute Gasteiger partial charge is 0.138 e. The maximum absolute atomic E-state index is 5.96. The second kappa shape index (κ2) is 7.80. The summed E-state index contributed by atoms with van der Waals surface area (Å²) in [5.74, 6) is 0.768. The molecular weight excluding hydrogens is 233 g/mol. The van der Waals surface area contributed by atoms with Gasteiger partial charge >= 0.3 is 0 Å². The zero-order chi connectivity index (χ0) is 10.4. The Bertz CT molecular complexity index is 292. The van der Waals surface area contributed by atoms with Gasteiger partial charge in [0.1, 0.15) is 12.4 Å². The summed E-state index contributed by atoms with van der Waals surface area (Å²) in [7, 11) is 0. The lowest BCUT2D eigenvalue weighted by atomic mass is 10.2. The van der Waals surface area contributed by atoms with Crippen LogP contribution in [-0.2, 0) is 0 Å². The summed E-state index contributed by atoms with van der Waals surface area (Å²) < 4.78 is 5.53. The van der Waals surface area contributed by atoms with Crippen LogP contribution < -0.4 is 10.1 Å². The van der Waals surface area contributed by atoms with Gasteiger partial charge in [-0.05, 0) is 31.2 Å². The van der Waals surface area contributed by atoms with Crippen molar-refractivity contribution in [3.05, 3.63) is 28.8 Å². The SMILES string of the molecule is CCNCCOc1cc(C)ccc1Cl.Cl. The Kier molecular flexibility index (Phi) is 7.57. The van der Waals surface area contributed by atoms with Gasteiger partial charge in [0.2, 0.25) is 0 Å². The summed E-state index contributed by atoms with van der Waals surface area (Å²) in [6.45, 7) is 6.55. The minimum absolute atomic E-state index is 0. The van der Waals surface area contributed by atoms with E-state index >= 15 is 0 Å². The molecule has 0 aliphatic carbocycles.